The van der Waals surface area contributed by atoms with Crippen LogP contribution in [-0.4, -0.2) is 17.6 Å². The molecular weight excluding hydrogens is 322 g/mol. The van der Waals surface area contributed by atoms with Crippen molar-refractivity contribution in [2.24, 2.45) is 0 Å². The summed E-state index contributed by atoms with van der Waals surface area (Å²) in [5, 5.41) is 3.70. The van der Waals surface area contributed by atoms with Gasteiger partial charge in [0.1, 0.15) is 5.76 Å². The van der Waals surface area contributed by atoms with Gasteiger partial charge in [-0.25, -0.2) is 0 Å². The summed E-state index contributed by atoms with van der Waals surface area (Å²) < 4.78 is 5.51. The number of nitrogens with one attached hydrogen (secondary N) is 3. The zero-order valence-corrected chi connectivity index (χ0v) is 13.1. The van der Waals surface area contributed by atoms with Gasteiger partial charge in [-0.15, -0.1) is 6.58 Å². The van der Waals surface area contributed by atoms with Crippen LogP contribution in [0, 0.1) is 0 Å². The molecule has 7 heteroatoms. The van der Waals surface area contributed by atoms with E-state index in [1.165, 1.54) is 0 Å². The van der Waals surface area contributed by atoms with E-state index in [2.05, 4.69) is 22.7 Å². The van der Waals surface area contributed by atoms with Crippen molar-refractivity contribution in [1.82, 2.24) is 16.2 Å². The Morgan fingerprint density at radius 2 is 2.14 bits per heavy atom. The Balaban J connectivity index is 1.97. The van der Waals surface area contributed by atoms with Crippen molar-refractivity contribution in [2.45, 2.75) is 0 Å². The van der Waals surface area contributed by atoms with Gasteiger partial charge in [0.25, 0.3) is 0 Å². The zero-order valence-electron chi connectivity index (χ0n) is 11.6. The van der Waals surface area contributed by atoms with E-state index < -0.39 is 5.91 Å². The lowest BCUT2D eigenvalue weighted by atomic mass is 10.2. The van der Waals surface area contributed by atoms with E-state index in [1.807, 2.05) is 12.1 Å². The highest BCUT2D eigenvalue weighted by Gasteiger charge is 2.12. The van der Waals surface area contributed by atoms with Crippen molar-refractivity contribution in [3.8, 4) is 11.3 Å². The third kappa shape index (κ3) is 4.34. The van der Waals surface area contributed by atoms with Gasteiger partial charge in [0.05, 0.1) is 0 Å². The van der Waals surface area contributed by atoms with Gasteiger partial charge in [-0.3, -0.25) is 15.6 Å². The predicted molar refractivity (Wildman–Crippen MR) is 90.6 cm³/mol. The van der Waals surface area contributed by atoms with Crippen molar-refractivity contribution in [1.29, 1.82) is 0 Å². The standard InChI is InChI=1S/C15H14ClN3O2S/c1-2-8-17-15(22)19-18-14(20)13-7-6-12(21-13)10-4-3-5-11(16)9-10/h2-7,9H,1,8H2,(H,18,20)(H2,17,19,22). The van der Waals surface area contributed by atoms with Crippen molar-refractivity contribution >= 4 is 34.8 Å². The topological polar surface area (TPSA) is 66.3 Å². The number of amides is 1. The molecule has 0 fully saturated rings. The average molecular weight is 336 g/mol. The van der Waals surface area contributed by atoms with Gasteiger partial charge in [0.2, 0.25) is 0 Å². The van der Waals surface area contributed by atoms with Gasteiger partial charge in [-0.2, -0.15) is 0 Å². The van der Waals surface area contributed by atoms with Crippen LogP contribution < -0.4 is 16.2 Å². The Labute approximate surface area is 138 Å². The van der Waals surface area contributed by atoms with Crippen molar-refractivity contribution in [3.63, 3.8) is 0 Å². The molecule has 0 atom stereocenters. The summed E-state index contributed by atoms with van der Waals surface area (Å²) in [6, 6.07) is 10.5. The maximum absolute atomic E-state index is 11.9. The lowest BCUT2D eigenvalue weighted by Crippen LogP contribution is -2.46. The number of hydrazine groups is 1. The Bertz CT molecular complexity index is 700. The molecule has 1 amide bonds. The molecule has 0 aliphatic rings. The van der Waals surface area contributed by atoms with Crippen LogP contribution >= 0.6 is 23.8 Å². The quantitative estimate of drug-likeness (QED) is 0.455. The van der Waals surface area contributed by atoms with E-state index >= 15 is 0 Å². The second kappa shape index (κ2) is 7.63. The summed E-state index contributed by atoms with van der Waals surface area (Å²) in [7, 11) is 0. The van der Waals surface area contributed by atoms with Gasteiger partial charge in [0.15, 0.2) is 10.9 Å². The van der Waals surface area contributed by atoms with E-state index in [-0.39, 0.29) is 10.9 Å². The first-order valence-corrected chi connectivity index (χ1v) is 7.19. The molecule has 1 aromatic carbocycles. The third-order valence-electron chi connectivity index (χ3n) is 2.64. The highest BCUT2D eigenvalue weighted by Crippen LogP contribution is 2.24. The molecule has 0 aliphatic carbocycles. The Hall–Kier alpha value is -2.31. The first-order chi connectivity index (χ1) is 10.6. The lowest BCUT2D eigenvalue weighted by Gasteiger charge is -2.08. The summed E-state index contributed by atoms with van der Waals surface area (Å²) in [6.45, 7) is 4.05. The number of hydrogen-bond donors (Lipinski definition) is 3. The molecule has 0 aliphatic heterocycles. The fourth-order valence-corrected chi connectivity index (χ4v) is 1.97. The van der Waals surface area contributed by atoms with Crippen LogP contribution in [0.1, 0.15) is 10.6 Å². The van der Waals surface area contributed by atoms with Crippen LogP contribution in [-0.2, 0) is 0 Å². The number of carbonyl (C=O) groups is 1. The Morgan fingerprint density at radius 3 is 2.86 bits per heavy atom. The molecule has 2 aromatic rings. The molecule has 3 N–H and O–H groups in total. The van der Waals surface area contributed by atoms with E-state index in [4.69, 9.17) is 28.2 Å². The fourth-order valence-electron chi connectivity index (χ4n) is 1.64. The van der Waals surface area contributed by atoms with Crippen molar-refractivity contribution in [2.75, 3.05) is 6.54 Å². The molecule has 0 radical (unpaired) electrons. The van der Waals surface area contributed by atoms with Crippen LogP contribution in [0.4, 0.5) is 0 Å². The predicted octanol–water partition coefficient (Wildman–Crippen LogP) is 2.89. The number of carbonyl (C=O) groups excluding carboxylic acids is 1. The minimum Gasteiger partial charge on any atom is -0.451 e. The molecule has 0 unspecified atom stereocenters. The minimum atomic E-state index is -0.434. The molecule has 5 nitrogen and oxygen atoms in total. The monoisotopic (exact) mass is 335 g/mol. The normalized spacial score (nSPS) is 9.86. The van der Waals surface area contributed by atoms with E-state index in [1.54, 1.807) is 30.3 Å². The second-order valence-corrected chi connectivity index (χ2v) is 5.10. The molecule has 2 rings (SSSR count). The molecule has 114 valence electrons. The Morgan fingerprint density at radius 1 is 1.32 bits per heavy atom. The van der Waals surface area contributed by atoms with Crippen LogP contribution in [0.25, 0.3) is 11.3 Å². The Kier molecular flexibility index (Phi) is 5.57. The summed E-state index contributed by atoms with van der Waals surface area (Å²) in [6.07, 6.45) is 1.65. The lowest BCUT2D eigenvalue weighted by molar-refractivity contribution is 0.0916. The van der Waals surface area contributed by atoms with Gasteiger partial charge in [-0.1, -0.05) is 29.8 Å². The maximum atomic E-state index is 11.9. The maximum Gasteiger partial charge on any atom is 0.305 e. The first kappa shape index (κ1) is 16.1. The number of benzene rings is 1. The molecule has 0 spiro atoms. The summed E-state index contributed by atoms with van der Waals surface area (Å²) in [4.78, 5) is 11.9. The number of thiocarbonyl (C=S) groups is 1. The molecule has 1 aromatic heterocycles. The minimum absolute atomic E-state index is 0.161. The number of hydrogen-bond acceptors (Lipinski definition) is 3. The molecule has 22 heavy (non-hydrogen) atoms. The van der Waals surface area contributed by atoms with Gasteiger partial charge >= 0.3 is 5.91 Å². The van der Waals surface area contributed by atoms with Crippen LogP contribution in [0.15, 0.2) is 53.5 Å². The molecule has 0 saturated heterocycles. The van der Waals surface area contributed by atoms with Crippen LogP contribution in [0.2, 0.25) is 5.02 Å². The van der Waals surface area contributed by atoms with Gasteiger partial charge in [0, 0.05) is 17.1 Å². The second-order valence-electron chi connectivity index (χ2n) is 4.25. The molecule has 1 heterocycles. The summed E-state index contributed by atoms with van der Waals surface area (Å²) in [5.41, 5.74) is 5.80. The largest absolute Gasteiger partial charge is 0.451 e. The number of rotatable bonds is 4. The SMILES string of the molecule is C=CCNC(=S)NNC(=O)c1ccc(-c2cccc(Cl)c2)o1. The zero-order chi connectivity index (χ0) is 15.9. The smallest absolute Gasteiger partial charge is 0.305 e. The number of halogens is 1. The molecule has 0 bridgehead atoms. The van der Waals surface area contributed by atoms with Gasteiger partial charge < -0.3 is 9.73 Å². The summed E-state index contributed by atoms with van der Waals surface area (Å²) in [5.74, 6) is 0.282. The van der Waals surface area contributed by atoms with Crippen molar-refractivity contribution in [3.05, 3.63) is 59.8 Å². The average Bonchev–Trinajstić information content (AvgIpc) is 3.00. The van der Waals surface area contributed by atoms with E-state index in [0.717, 1.165) is 5.56 Å². The third-order valence-corrected chi connectivity index (χ3v) is 3.12. The van der Waals surface area contributed by atoms with Crippen LogP contribution in [0.5, 0.6) is 0 Å². The van der Waals surface area contributed by atoms with E-state index in [0.29, 0.717) is 17.3 Å². The van der Waals surface area contributed by atoms with E-state index in [9.17, 15) is 4.79 Å². The summed E-state index contributed by atoms with van der Waals surface area (Å²) >= 11 is 10.9. The first-order valence-electron chi connectivity index (χ1n) is 6.41. The molecular formula is C15H14ClN3O2S. The van der Waals surface area contributed by atoms with Gasteiger partial charge in [-0.05, 0) is 36.5 Å². The fraction of sp³-hybridized carbons (Fsp3) is 0.0667. The highest BCUT2D eigenvalue weighted by molar-refractivity contribution is 7.80. The number of furan rings is 1. The molecule has 0 saturated carbocycles. The highest BCUT2D eigenvalue weighted by atomic mass is 35.5. The van der Waals surface area contributed by atoms with Crippen LogP contribution in [0.3, 0.4) is 0 Å². The van der Waals surface area contributed by atoms with Crippen molar-refractivity contribution < 1.29 is 9.21 Å².